The summed E-state index contributed by atoms with van der Waals surface area (Å²) in [5, 5.41) is 18.2. The molecule has 14 rings (SSSR count). The Balaban J connectivity index is 0.000000143. The number of pyridine rings is 2. The number of fused-ring (bicyclic) bond motifs is 4. The molecule has 4 atom stereocenters. The topological polar surface area (TPSA) is 174 Å². The van der Waals surface area contributed by atoms with Crippen LogP contribution in [0.1, 0.15) is 74.3 Å². The predicted molar refractivity (Wildman–Crippen MR) is 268 cm³/mol. The number of aromatic amines is 2. The van der Waals surface area contributed by atoms with Crippen LogP contribution in [0.3, 0.4) is 0 Å². The second kappa shape index (κ2) is 20.8. The van der Waals surface area contributed by atoms with Gasteiger partial charge in [-0.2, -0.15) is 10.2 Å². The molecule has 0 spiro atoms. The third-order valence-electron chi connectivity index (χ3n) is 13.3. The highest BCUT2D eigenvalue weighted by atomic mass is 19.1. The molecule has 12 heterocycles. The lowest BCUT2D eigenvalue weighted by Gasteiger charge is -2.56. The zero-order valence-corrected chi connectivity index (χ0v) is 40.2. The molecule has 3 N–H and O–H groups in total. The molecule has 71 heavy (non-hydrogen) atoms. The molecule has 4 unspecified atom stereocenters. The molecule has 6 aliphatic rings. The van der Waals surface area contributed by atoms with Crippen LogP contribution in [0.15, 0.2) is 109 Å². The Morgan fingerprint density at radius 1 is 0.577 bits per heavy atom. The lowest BCUT2D eigenvalue weighted by Crippen LogP contribution is -2.68. The molecule has 0 saturated carbocycles. The van der Waals surface area contributed by atoms with E-state index < -0.39 is 0 Å². The van der Waals surface area contributed by atoms with Crippen LogP contribution in [0.4, 0.5) is 20.4 Å². The predicted octanol–water partition coefficient (Wildman–Crippen LogP) is 7.73. The van der Waals surface area contributed by atoms with Gasteiger partial charge in [0.2, 0.25) is 0 Å². The highest BCUT2D eigenvalue weighted by Crippen LogP contribution is 2.36. The fourth-order valence-corrected chi connectivity index (χ4v) is 9.79. The summed E-state index contributed by atoms with van der Waals surface area (Å²) >= 11 is 0. The Hall–Kier alpha value is -7.63. The van der Waals surface area contributed by atoms with Crippen LogP contribution in [0, 0.1) is 39.3 Å². The smallest absolute Gasteiger partial charge is 0.161 e. The summed E-state index contributed by atoms with van der Waals surface area (Å²) in [6, 6.07) is 30.9. The van der Waals surface area contributed by atoms with Gasteiger partial charge in [0.1, 0.15) is 29.6 Å². The number of halogens is 2. The number of aldehydes is 1. The van der Waals surface area contributed by atoms with Crippen molar-refractivity contribution >= 4 is 17.9 Å². The first-order chi connectivity index (χ1) is 34.4. The zero-order valence-electron chi connectivity index (χ0n) is 40.2. The van der Waals surface area contributed by atoms with Crippen molar-refractivity contribution in [1.82, 2.24) is 60.5 Å². The molecule has 0 amide bonds. The molecule has 15 nitrogen and oxygen atoms in total. The number of piperidine rings is 2. The normalized spacial score (nSPS) is 18.8. The van der Waals surface area contributed by atoms with Gasteiger partial charge in [0.25, 0.3) is 0 Å². The number of carbonyl (C=O) groups excluding carboxylic acids is 1. The number of hydrogen-bond donors (Lipinski definition) is 3. The van der Waals surface area contributed by atoms with Gasteiger partial charge in [0.15, 0.2) is 11.6 Å². The summed E-state index contributed by atoms with van der Waals surface area (Å²) in [5.41, 5.74) is 11.4. The van der Waals surface area contributed by atoms with E-state index in [2.05, 4.69) is 79.6 Å². The molecule has 0 radical (unpaired) electrons. The molecular weight excluding hydrogens is 899 g/mol. The molecule has 2 aromatic carbocycles. The van der Waals surface area contributed by atoms with E-state index in [0.29, 0.717) is 54.7 Å². The van der Waals surface area contributed by atoms with E-state index in [1.807, 2.05) is 76.5 Å². The van der Waals surface area contributed by atoms with Gasteiger partial charge in [-0.1, -0.05) is 12.1 Å². The summed E-state index contributed by atoms with van der Waals surface area (Å²) in [7, 11) is 0. The number of H-pyrrole nitrogens is 2. The zero-order chi connectivity index (χ0) is 49.0. The van der Waals surface area contributed by atoms with E-state index in [1.165, 1.54) is 37.1 Å². The van der Waals surface area contributed by atoms with Crippen molar-refractivity contribution in [3.63, 3.8) is 0 Å². The largest absolute Gasteiger partial charge is 0.353 e. The highest BCUT2D eigenvalue weighted by molar-refractivity contribution is 5.74. The Labute approximate surface area is 411 Å². The van der Waals surface area contributed by atoms with Crippen molar-refractivity contribution in [2.45, 2.75) is 84.1 Å². The monoisotopic (exact) mass is 954 g/mol. The SMILES string of the molecule is Cc1cc(Cc2cc(C)[nH]n2)nc(-c2ccc(N3CC4CC(C3)N4)nc2)n1.Cc1cc(Cc2cc(C)[nH]n2)nc(-c2ccc(N3CC4CC(C3)N4Cc3ccc(F)cc3)nc2)n1.O=Cc1ccc(F)cc1. The number of aryl methyl sites for hydroxylation is 4. The number of anilines is 2. The van der Waals surface area contributed by atoms with Gasteiger partial charge in [-0.05, 0) is 131 Å². The van der Waals surface area contributed by atoms with E-state index in [1.54, 1.807) is 12.1 Å². The minimum atomic E-state index is -0.319. The second-order valence-electron chi connectivity index (χ2n) is 19.0. The number of aromatic nitrogens is 10. The number of carbonyl (C=O) groups is 1. The van der Waals surface area contributed by atoms with Crippen LogP contribution >= 0.6 is 0 Å². The fraction of sp³-hybridized carbons (Fsp3) is 0.315. The maximum Gasteiger partial charge on any atom is 0.161 e. The van der Waals surface area contributed by atoms with Gasteiger partial charge in [0.05, 0.1) is 22.8 Å². The number of hydrogen-bond acceptors (Lipinski definition) is 13. The average molecular weight is 955 g/mol. The quantitative estimate of drug-likeness (QED) is 0.108. The van der Waals surface area contributed by atoms with Crippen molar-refractivity contribution in [2.24, 2.45) is 0 Å². The Bertz CT molecular complexity index is 3060. The summed E-state index contributed by atoms with van der Waals surface area (Å²) in [5.74, 6) is 2.94. The summed E-state index contributed by atoms with van der Waals surface area (Å²) in [6.45, 7) is 12.9. The van der Waals surface area contributed by atoms with Gasteiger partial charge < -0.3 is 15.1 Å². The standard InChI is InChI=1S/C27H28FN7.C20H23N7.C7H5FO/c1-17-9-22(11-23-10-18(2)32-33-23)31-27(30-17)20-5-8-26(29-13-20)34-15-24-12-25(16-34)35(24)14-19-3-6-21(28)7-4-19;1-12-5-15(7-16-6-13(2)25-26-16)24-20(22-12)14-3-4-19(21-9-14)27-10-17-8-18(11-27)23-17;8-7-3-1-6(5-9)2-4-7/h3-10,13,24-25H,11-12,14-16H2,1-2H3,(H,32,33);3-6,9,17-18,23H,7-8,10-11H2,1-2H3,(H,25,26);1-5H. The molecular formula is C54H56F2N14O. The van der Waals surface area contributed by atoms with Crippen LogP contribution in [-0.2, 0) is 19.4 Å². The van der Waals surface area contributed by atoms with Crippen LogP contribution in [-0.4, -0.2) is 112 Å². The van der Waals surface area contributed by atoms with Gasteiger partial charge in [-0.3, -0.25) is 19.9 Å². The molecule has 6 aromatic heterocycles. The minimum absolute atomic E-state index is 0.182. The lowest BCUT2D eigenvalue weighted by atomic mass is 9.86. The van der Waals surface area contributed by atoms with E-state index in [0.717, 1.165) is 112 Å². The maximum absolute atomic E-state index is 13.2. The van der Waals surface area contributed by atoms with Crippen molar-refractivity contribution < 1.29 is 13.6 Å². The number of nitrogens with one attached hydrogen (secondary N) is 3. The second-order valence-corrected chi connectivity index (χ2v) is 19.0. The summed E-state index contributed by atoms with van der Waals surface area (Å²) in [6.07, 6.45) is 8.31. The van der Waals surface area contributed by atoms with Crippen LogP contribution in [0.2, 0.25) is 0 Å². The first-order valence-corrected chi connectivity index (χ1v) is 24.1. The van der Waals surface area contributed by atoms with Gasteiger partial charge >= 0.3 is 0 Å². The number of rotatable bonds is 11. The van der Waals surface area contributed by atoms with E-state index >= 15 is 0 Å². The molecule has 4 bridgehead atoms. The van der Waals surface area contributed by atoms with Crippen LogP contribution in [0.25, 0.3) is 22.8 Å². The number of benzene rings is 2. The molecule has 0 aliphatic carbocycles. The Kier molecular flexibility index (Phi) is 13.8. The first-order valence-electron chi connectivity index (χ1n) is 24.1. The number of nitrogens with zero attached hydrogens (tertiary/aromatic N) is 11. The lowest BCUT2D eigenvalue weighted by molar-refractivity contribution is -0.00869. The van der Waals surface area contributed by atoms with Crippen LogP contribution in [0.5, 0.6) is 0 Å². The Morgan fingerprint density at radius 2 is 1.06 bits per heavy atom. The van der Waals surface area contributed by atoms with Gasteiger partial charge in [-0.15, -0.1) is 0 Å². The van der Waals surface area contributed by atoms with Crippen LogP contribution < -0.4 is 15.1 Å². The van der Waals surface area contributed by atoms with Gasteiger partial charge in [-0.25, -0.2) is 38.7 Å². The molecule has 362 valence electrons. The molecule has 6 saturated heterocycles. The van der Waals surface area contributed by atoms with Gasteiger partial charge in [0, 0.05) is 122 Å². The maximum atomic E-state index is 13.2. The first kappa shape index (κ1) is 47.1. The molecule has 17 heteroatoms. The van der Waals surface area contributed by atoms with Crippen molar-refractivity contribution in [3.05, 3.63) is 178 Å². The molecule has 8 aromatic rings. The Morgan fingerprint density at radius 3 is 1.49 bits per heavy atom. The van der Waals surface area contributed by atoms with Crippen molar-refractivity contribution in [3.8, 4) is 22.8 Å². The van der Waals surface area contributed by atoms with Crippen molar-refractivity contribution in [1.29, 1.82) is 0 Å². The summed E-state index contributed by atoms with van der Waals surface area (Å²) < 4.78 is 25.3. The molecule has 6 fully saturated rings. The minimum Gasteiger partial charge on any atom is -0.353 e. The number of piperazine rings is 2. The third-order valence-corrected chi connectivity index (χ3v) is 13.3. The fourth-order valence-electron chi connectivity index (χ4n) is 9.79. The van der Waals surface area contributed by atoms with Crippen molar-refractivity contribution in [2.75, 3.05) is 36.0 Å². The van der Waals surface area contributed by atoms with E-state index in [4.69, 9.17) is 15.0 Å². The van der Waals surface area contributed by atoms with E-state index in [-0.39, 0.29) is 11.6 Å². The third kappa shape index (κ3) is 11.5. The summed E-state index contributed by atoms with van der Waals surface area (Å²) in [4.78, 5) is 45.5. The van der Waals surface area contributed by atoms with E-state index in [9.17, 15) is 13.6 Å². The average Bonchev–Trinajstić information content (AvgIpc) is 3.99. The molecule has 6 aliphatic heterocycles. The highest BCUT2D eigenvalue weighted by Gasteiger charge is 2.44.